The van der Waals surface area contributed by atoms with E-state index < -0.39 is 4.92 Å². The van der Waals surface area contributed by atoms with Crippen molar-refractivity contribution in [3.8, 4) is 24.2 Å². The molecule has 0 aliphatic rings. The molecule has 0 bridgehead atoms. The highest BCUT2D eigenvalue weighted by Crippen LogP contribution is 2.32. The lowest BCUT2D eigenvalue weighted by Crippen LogP contribution is -1.97. The van der Waals surface area contributed by atoms with E-state index in [-0.39, 0.29) is 12.3 Å². The fourth-order valence-corrected chi connectivity index (χ4v) is 2.78. The van der Waals surface area contributed by atoms with Crippen molar-refractivity contribution in [2.75, 3.05) is 6.61 Å². The van der Waals surface area contributed by atoms with Crippen LogP contribution in [0.2, 0.25) is 0 Å². The van der Waals surface area contributed by atoms with E-state index in [1.54, 1.807) is 24.3 Å². The van der Waals surface area contributed by atoms with Crippen molar-refractivity contribution < 1.29 is 9.66 Å². The second kappa shape index (κ2) is 7.86. The molecule has 27 heavy (non-hydrogen) atoms. The molecule has 0 spiro atoms. The first-order valence-electron chi connectivity index (χ1n) is 8.08. The Labute approximate surface area is 156 Å². The molecular weight excluding hydrogens is 340 g/mol. The largest absolute Gasteiger partial charge is 0.480 e. The van der Waals surface area contributed by atoms with Crippen LogP contribution < -0.4 is 4.74 Å². The van der Waals surface area contributed by atoms with Crippen LogP contribution >= 0.6 is 0 Å². The maximum absolute atomic E-state index is 11.0. The van der Waals surface area contributed by atoms with Gasteiger partial charge < -0.3 is 4.74 Å². The summed E-state index contributed by atoms with van der Waals surface area (Å²) in [5.41, 5.74) is 1.38. The van der Waals surface area contributed by atoms with Gasteiger partial charge in [-0.3, -0.25) is 10.1 Å². The maximum Gasteiger partial charge on any atom is 0.270 e. The molecule has 3 rings (SSSR count). The average molecular weight is 354 g/mol. The number of nitro groups is 1. The van der Waals surface area contributed by atoms with Crippen molar-refractivity contribution in [3.63, 3.8) is 0 Å². The van der Waals surface area contributed by atoms with E-state index in [0.29, 0.717) is 22.4 Å². The number of nitrogens with zero attached hydrogens (tertiary/aromatic N) is 2. The van der Waals surface area contributed by atoms with Gasteiger partial charge in [-0.05, 0) is 28.5 Å². The molecule has 0 amide bonds. The lowest BCUT2D eigenvalue weighted by atomic mass is 9.98. The van der Waals surface area contributed by atoms with Crippen molar-refractivity contribution in [1.29, 1.82) is 5.26 Å². The summed E-state index contributed by atoms with van der Waals surface area (Å²) in [6.07, 6.45) is 6.97. The highest BCUT2D eigenvalue weighted by atomic mass is 16.6. The first-order chi connectivity index (χ1) is 13.1. The summed E-state index contributed by atoms with van der Waals surface area (Å²) in [6, 6.07) is 19.5. The number of non-ortho nitro benzene ring substituents is 1. The first kappa shape index (κ1) is 17.7. The minimum atomic E-state index is -0.488. The van der Waals surface area contributed by atoms with Crippen molar-refractivity contribution in [2.45, 2.75) is 0 Å². The summed E-state index contributed by atoms with van der Waals surface area (Å²) in [4.78, 5) is 10.5. The molecule has 0 saturated heterocycles. The Morgan fingerprint density at radius 2 is 2.00 bits per heavy atom. The van der Waals surface area contributed by atoms with Gasteiger partial charge in [0.25, 0.3) is 5.69 Å². The van der Waals surface area contributed by atoms with Gasteiger partial charge in [-0.15, -0.1) is 6.42 Å². The van der Waals surface area contributed by atoms with Crippen LogP contribution in [0.1, 0.15) is 11.1 Å². The zero-order valence-corrected chi connectivity index (χ0v) is 14.3. The molecule has 0 N–H and O–H groups in total. The van der Waals surface area contributed by atoms with Crippen molar-refractivity contribution in [2.24, 2.45) is 0 Å². The van der Waals surface area contributed by atoms with Gasteiger partial charge in [-0.25, -0.2) is 0 Å². The number of terminal acetylenes is 1. The molecule has 0 radical (unpaired) electrons. The number of nitriles is 1. The fraction of sp³-hybridized carbons (Fsp3) is 0.0455. The molecule has 0 unspecified atom stereocenters. The number of rotatable bonds is 5. The molecular formula is C22H14N2O3. The number of hydrogen-bond donors (Lipinski definition) is 0. The minimum absolute atomic E-state index is 0.0737. The summed E-state index contributed by atoms with van der Waals surface area (Å²) in [5, 5.41) is 22.6. The second-order valence-electron chi connectivity index (χ2n) is 5.67. The van der Waals surface area contributed by atoms with Gasteiger partial charge in [-0.1, -0.05) is 48.4 Å². The molecule has 5 nitrogen and oxygen atoms in total. The normalized spacial score (nSPS) is 10.8. The number of fused-ring (bicyclic) bond motifs is 1. The SMILES string of the molecule is C#CCOc1ccc2ccccc2c1/C=C(\C#N)c1cccc([N+](=O)[O-])c1. The van der Waals surface area contributed by atoms with Crippen LogP contribution in [-0.2, 0) is 0 Å². The lowest BCUT2D eigenvalue weighted by molar-refractivity contribution is -0.384. The van der Waals surface area contributed by atoms with Gasteiger partial charge in [0.2, 0.25) is 0 Å². The zero-order valence-electron chi connectivity index (χ0n) is 14.3. The lowest BCUT2D eigenvalue weighted by Gasteiger charge is -2.11. The smallest absolute Gasteiger partial charge is 0.270 e. The van der Waals surface area contributed by atoms with Crippen molar-refractivity contribution >= 4 is 28.1 Å². The van der Waals surface area contributed by atoms with E-state index in [2.05, 4.69) is 12.0 Å². The van der Waals surface area contributed by atoms with Crippen LogP contribution in [0.25, 0.3) is 22.4 Å². The Morgan fingerprint density at radius 1 is 1.19 bits per heavy atom. The van der Waals surface area contributed by atoms with Crippen LogP contribution in [0.4, 0.5) is 5.69 Å². The summed E-state index contributed by atoms with van der Waals surface area (Å²) in [5.74, 6) is 2.97. The zero-order chi connectivity index (χ0) is 19.2. The quantitative estimate of drug-likeness (QED) is 0.216. The molecule has 0 heterocycles. The first-order valence-corrected chi connectivity index (χ1v) is 8.08. The second-order valence-corrected chi connectivity index (χ2v) is 5.67. The summed E-state index contributed by atoms with van der Waals surface area (Å²) >= 11 is 0. The minimum Gasteiger partial charge on any atom is -0.480 e. The molecule has 0 aliphatic heterocycles. The Bertz CT molecular complexity index is 1130. The number of allylic oxidation sites excluding steroid dienone is 1. The van der Waals surface area contributed by atoms with E-state index in [1.165, 1.54) is 12.1 Å². The van der Waals surface area contributed by atoms with Crippen LogP contribution in [-0.4, -0.2) is 11.5 Å². The Kier molecular flexibility index (Phi) is 5.16. The molecule has 130 valence electrons. The highest BCUT2D eigenvalue weighted by Gasteiger charge is 2.12. The highest BCUT2D eigenvalue weighted by molar-refractivity contribution is 6.00. The van der Waals surface area contributed by atoms with Crippen molar-refractivity contribution in [3.05, 3.63) is 81.9 Å². The van der Waals surface area contributed by atoms with Gasteiger partial charge in [-0.2, -0.15) is 5.26 Å². The molecule has 0 atom stereocenters. The molecule has 0 aromatic heterocycles. The predicted octanol–water partition coefficient (Wildman–Crippen LogP) is 4.82. The van der Waals surface area contributed by atoms with Crippen LogP contribution in [0.3, 0.4) is 0 Å². The molecule has 0 fully saturated rings. The van der Waals surface area contributed by atoms with Gasteiger partial charge in [0, 0.05) is 17.7 Å². The molecule has 3 aromatic carbocycles. The third-order valence-corrected chi connectivity index (χ3v) is 4.02. The van der Waals surface area contributed by atoms with E-state index in [1.807, 2.05) is 30.3 Å². The average Bonchev–Trinajstić information content (AvgIpc) is 2.70. The third kappa shape index (κ3) is 3.78. The Morgan fingerprint density at radius 3 is 2.74 bits per heavy atom. The van der Waals surface area contributed by atoms with E-state index in [0.717, 1.165) is 10.8 Å². The topological polar surface area (TPSA) is 76.2 Å². The van der Waals surface area contributed by atoms with Crippen LogP contribution in [0, 0.1) is 33.8 Å². The van der Waals surface area contributed by atoms with Crippen molar-refractivity contribution in [1.82, 2.24) is 0 Å². The van der Waals surface area contributed by atoms with Gasteiger partial charge in [0.1, 0.15) is 12.4 Å². The predicted molar refractivity (Wildman–Crippen MR) is 105 cm³/mol. The number of benzene rings is 3. The summed E-state index contributed by atoms with van der Waals surface area (Å²) in [6.45, 7) is 0.0951. The molecule has 0 aliphatic carbocycles. The Balaban J connectivity index is 2.20. The van der Waals surface area contributed by atoms with Crippen LogP contribution in [0.5, 0.6) is 5.75 Å². The molecule has 3 aromatic rings. The molecule has 0 saturated carbocycles. The van der Waals surface area contributed by atoms with Gasteiger partial charge in [0.15, 0.2) is 0 Å². The monoisotopic (exact) mass is 354 g/mol. The van der Waals surface area contributed by atoms with E-state index in [9.17, 15) is 15.4 Å². The number of hydrogen-bond acceptors (Lipinski definition) is 4. The van der Waals surface area contributed by atoms with Crippen LogP contribution in [0.15, 0.2) is 60.7 Å². The Hall–Kier alpha value is -4.09. The number of nitro benzene ring substituents is 1. The third-order valence-electron chi connectivity index (χ3n) is 4.02. The standard InChI is InChI=1S/C22H14N2O3/c1-2-12-27-22-11-10-16-6-3-4-9-20(16)21(22)14-18(15-23)17-7-5-8-19(13-17)24(25)26/h1,3-11,13-14H,12H2/b18-14+. The van der Waals surface area contributed by atoms with E-state index >= 15 is 0 Å². The van der Waals surface area contributed by atoms with Gasteiger partial charge in [0.05, 0.1) is 16.6 Å². The fourth-order valence-electron chi connectivity index (χ4n) is 2.78. The summed E-state index contributed by atoms with van der Waals surface area (Å²) in [7, 11) is 0. The number of ether oxygens (including phenoxy) is 1. The van der Waals surface area contributed by atoms with Gasteiger partial charge >= 0.3 is 0 Å². The summed E-state index contributed by atoms with van der Waals surface area (Å²) < 4.78 is 5.64. The maximum atomic E-state index is 11.0. The molecule has 5 heteroatoms. The van der Waals surface area contributed by atoms with E-state index in [4.69, 9.17) is 11.2 Å².